The third-order valence-electron chi connectivity index (χ3n) is 2.38. The number of carbonyl (C=O) groups excluding carboxylic acids is 1. The maximum atomic E-state index is 11.7. The summed E-state index contributed by atoms with van der Waals surface area (Å²) < 4.78 is 5.87. The van der Waals surface area contributed by atoms with Gasteiger partial charge in [-0.25, -0.2) is 4.98 Å². The topological polar surface area (TPSA) is 39.2 Å². The van der Waals surface area contributed by atoms with Crippen LogP contribution in [0.4, 0.5) is 0 Å². The SMILES string of the molecule is CCOC(=O)C1(c2csc(Br)n2)CC1. The van der Waals surface area contributed by atoms with Crippen LogP contribution in [0, 0.1) is 0 Å². The number of ether oxygens (including phenoxy) is 1. The summed E-state index contributed by atoms with van der Waals surface area (Å²) in [5.41, 5.74) is 0.436. The molecule has 1 aromatic rings. The van der Waals surface area contributed by atoms with E-state index in [-0.39, 0.29) is 5.97 Å². The van der Waals surface area contributed by atoms with Gasteiger partial charge in [-0.05, 0) is 35.7 Å². The van der Waals surface area contributed by atoms with Gasteiger partial charge >= 0.3 is 5.97 Å². The van der Waals surface area contributed by atoms with E-state index in [0.717, 1.165) is 22.5 Å². The molecule has 76 valence electrons. The lowest BCUT2D eigenvalue weighted by molar-refractivity contribution is -0.146. The van der Waals surface area contributed by atoms with Gasteiger partial charge in [0, 0.05) is 5.38 Å². The second kappa shape index (κ2) is 3.62. The van der Waals surface area contributed by atoms with E-state index in [4.69, 9.17) is 4.74 Å². The van der Waals surface area contributed by atoms with Gasteiger partial charge in [-0.3, -0.25) is 4.79 Å². The van der Waals surface area contributed by atoms with E-state index in [1.54, 1.807) is 0 Å². The second-order valence-corrected chi connectivity index (χ2v) is 5.42. The molecule has 1 aliphatic carbocycles. The van der Waals surface area contributed by atoms with Crippen LogP contribution in [0.5, 0.6) is 0 Å². The van der Waals surface area contributed by atoms with Crippen molar-refractivity contribution in [3.8, 4) is 0 Å². The highest BCUT2D eigenvalue weighted by Gasteiger charge is 2.54. The molecular formula is C9H10BrNO2S. The van der Waals surface area contributed by atoms with E-state index in [2.05, 4.69) is 20.9 Å². The second-order valence-electron chi connectivity index (χ2n) is 3.29. The van der Waals surface area contributed by atoms with Crippen LogP contribution < -0.4 is 0 Å². The zero-order valence-electron chi connectivity index (χ0n) is 7.75. The van der Waals surface area contributed by atoms with Crippen molar-refractivity contribution in [1.82, 2.24) is 4.98 Å². The van der Waals surface area contributed by atoms with Crippen molar-refractivity contribution in [3.63, 3.8) is 0 Å². The fourth-order valence-corrected chi connectivity index (χ4v) is 2.54. The average Bonchev–Trinajstić information content (AvgIpc) is 2.85. The van der Waals surface area contributed by atoms with Crippen molar-refractivity contribution in [2.24, 2.45) is 0 Å². The van der Waals surface area contributed by atoms with Crippen LogP contribution in [0.3, 0.4) is 0 Å². The van der Waals surface area contributed by atoms with Crippen molar-refractivity contribution in [1.29, 1.82) is 0 Å². The van der Waals surface area contributed by atoms with Gasteiger partial charge in [0.25, 0.3) is 0 Å². The van der Waals surface area contributed by atoms with Crippen LogP contribution in [-0.4, -0.2) is 17.6 Å². The first kappa shape index (κ1) is 10.1. The molecule has 0 spiro atoms. The van der Waals surface area contributed by atoms with E-state index in [9.17, 15) is 4.79 Å². The average molecular weight is 276 g/mol. The molecule has 0 unspecified atom stereocenters. The predicted molar refractivity (Wildman–Crippen MR) is 57.4 cm³/mol. The van der Waals surface area contributed by atoms with Crippen molar-refractivity contribution < 1.29 is 9.53 Å². The third kappa shape index (κ3) is 1.59. The molecule has 0 radical (unpaired) electrons. The molecule has 3 nitrogen and oxygen atoms in total. The lowest BCUT2D eigenvalue weighted by Crippen LogP contribution is -2.23. The number of thiazole rings is 1. The van der Waals surface area contributed by atoms with Gasteiger partial charge in [-0.15, -0.1) is 11.3 Å². The molecule has 0 N–H and O–H groups in total. The molecule has 2 rings (SSSR count). The molecule has 0 bridgehead atoms. The fourth-order valence-electron chi connectivity index (χ4n) is 1.43. The molecular weight excluding hydrogens is 266 g/mol. The molecule has 0 aliphatic heterocycles. The third-order valence-corrected chi connectivity index (χ3v) is 3.75. The molecule has 1 heterocycles. The first-order valence-corrected chi connectivity index (χ1v) is 6.15. The fraction of sp³-hybridized carbons (Fsp3) is 0.556. The zero-order chi connectivity index (χ0) is 10.2. The van der Waals surface area contributed by atoms with E-state index in [1.807, 2.05) is 12.3 Å². The van der Waals surface area contributed by atoms with Crippen LogP contribution in [-0.2, 0) is 14.9 Å². The molecule has 0 amide bonds. The Kier molecular flexibility index (Phi) is 2.62. The molecule has 0 atom stereocenters. The van der Waals surface area contributed by atoms with E-state index >= 15 is 0 Å². The molecule has 1 aliphatic rings. The smallest absolute Gasteiger partial charge is 0.318 e. The Bertz CT molecular complexity index is 359. The first-order valence-electron chi connectivity index (χ1n) is 4.48. The molecule has 5 heteroatoms. The van der Waals surface area contributed by atoms with E-state index < -0.39 is 5.41 Å². The van der Waals surface area contributed by atoms with Gasteiger partial charge in [0.2, 0.25) is 0 Å². The largest absolute Gasteiger partial charge is 0.465 e. The van der Waals surface area contributed by atoms with Gasteiger partial charge < -0.3 is 4.74 Å². The molecule has 0 saturated heterocycles. The van der Waals surface area contributed by atoms with Crippen molar-refractivity contribution >= 4 is 33.2 Å². The number of carbonyl (C=O) groups is 1. The van der Waals surface area contributed by atoms with Gasteiger partial charge in [-0.1, -0.05) is 0 Å². The number of halogens is 1. The Labute approximate surface area is 94.6 Å². The number of hydrogen-bond donors (Lipinski definition) is 0. The lowest BCUT2D eigenvalue weighted by Gasteiger charge is -2.10. The summed E-state index contributed by atoms with van der Waals surface area (Å²) in [5.74, 6) is -0.127. The summed E-state index contributed by atoms with van der Waals surface area (Å²) in [6.45, 7) is 2.26. The van der Waals surface area contributed by atoms with Crippen molar-refractivity contribution in [2.45, 2.75) is 25.2 Å². The molecule has 1 fully saturated rings. The molecule has 1 saturated carbocycles. The summed E-state index contributed by atoms with van der Waals surface area (Å²) in [6.07, 6.45) is 1.73. The number of esters is 1. The monoisotopic (exact) mass is 275 g/mol. The summed E-state index contributed by atoms with van der Waals surface area (Å²) >= 11 is 4.80. The Balaban J connectivity index is 2.21. The number of nitrogens with zero attached hydrogens (tertiary/aromatic N) is 1. The number of hydrogen-bond acceptors (Lipinski definition) is 4. The van der Waals surface area contributed by atoms with Gasteiger partial charge in [0.15, 0.2) is 3.92 Å². The van der Waals surface area contributed by atoms with Crippen molar-refractivity contribution in [3.05, 3.63) is 15.0 Å². The highest BCUT2D eigenvalue weighted by Crippen LogP contribution is 2.49. The summed E-state index contributed by atoms with van der Waals surface area (Å²) in [4.78, 5) is 15.9. The van der Waals surface area contributed by atoms with Crippen LogP contribution in [0.2, 0.25) is 0 Å². The molecule has 0 aromatic carbocycles. The standard InChI is InChI=1S/C9H10BrNO2S/c1-2-13-7(12)9(3-4-9)6-5-14-8(10)11-6/h5H,2-4H2,1H3. The molecule has 14 heavy (non-hydrogen) atoms. The van der Waals surface area contributed by atoms with Gasteiger partial charge in [0.05, 0.1) is 12.3 Å². The summed E-state index contributed by atoms with van der Waals surface area (Å²) in [7, 11) is 0. The van der Waals surface area contributed by atoms with Crippen LogP contribution in [0.25, 0.3) is 0 Å². The quantitative estimate of drug-likeness (QED) is 0.796. The minimum Gasteiger partial charge on any atom is -0.465 e. The Morgan fingerprint density at radius 3 is 2.93 bits per heavy atom. The maximum Gasteiger partial charge on any atom is 0.318 e. The number of rotatable bonds is 3. The first-order chi connectivity index (χ1) is 6.69. The molecule has 1 aromatic heterocycles. The Morgan fingerprint density at radius 1 is 1.79 bits per heavy atom. The van der Waals surface area contributed by atoms with E-state index in [0.29, 0.717) is 6.61 Å². The van der Waals surface area contributed by atoms with Gasteiger partial charge in [-0.2, -0.15) is 0 Å². The van der Waals surface area contributed by atoms with Crippen LogP contribution in [0.15, 0.2) is 9.30 Å². The summed E-state index contributed by atoms with van der Waals surface area (Å²) in [6, 6.07) is 0. The maximum absolute atomic E-state index is 11.7. The van der Waals surface area contributed by atoms with Crippen LogP contribution >= 0.6 is 27.3 Å². The normalized spacial score (nSPS) is 17.9. The minimum atomic E-state index is -0.418. The zero-order valence-corrected chi connectivity index (χ0v) is 10.2. The number of aromatic nitrogens is 1. The summed E-state index contributed by atoms with van der Waals surface area (Å²) in [5, 5.41) is 1.92. The minimum absolute atomic E-state index is 0.127. The van der Waals surface area contributed by atoms with E-state index in [1.165, 1.54) is 11.3 Å². The Morgan fingerprint density at radius 2 is 2.50 bits per heavy atom. The highest BCUT2D eigenvalue weighted by atomic mass is 79.9. The lowest BCUT2D eigenvalue weighted by atomic mass is 10.0. The highest BCUT2D eigenvalue weighted by molar-refractivity contribution is 9.11. The van der Waals surface area contributed by atoms with Crippen LogP contribution in [0.1, 0.15) is 25.5 Å². The predicted octanol–water partition coefficient (Wildman–Crippen LogP) is 2.50. The van der Waals surface area contributed by atoms with Crippen molar-refractivity contribution in [2.75, 3.05) is 6.61 Å². The van der Waals surface area contributed by atoms with Gasteiger partial charge in [0.1, 0.15) is 5.41 Å². The Hall–Kier alpha value is -0.420.